The minimum Gasteiger partial charge on any atom is -0.452 e. The fraction of sp³-hybridized carbons (Fsp3) is 0.0811. The molecule has 200 valence electrons. The lowest BCUT2D eigenvalue weighted by atomic mass is 9.96. The minimum atomic E-state index is 0.677. The number of aryl methyl sites for hydroxylation is 2. The normalized spacial score (nSPS) is 11.7. The Morgan fingerprint density at radius 3 is 2.19 bits per heavy atom. The molecule has 0 atom stereocenters. The van der Waals surface area contributed by atoms with E-state index in [9.17, 15) is 0 Å². The molecule has 8 rings (SSSR count). The van der Waals surface area contributed by atoms with E-state index in [1.165, 1.54) is 0 Å². The second kappa shape index (κ2) is 9.60. The molecule has 4 aromatic carbocycles. The summed E-state index contributed by atoms with van der Waals surface area (Å²) in [5.41, 5.74) is 11.2. The molecule has 0 aliphatic carbocycles. The van der Waals surface area contributed by atoms with E-state index in [4.69, 9.17) is 24.4 Å². The van der Waals surface area contributed by atoms with Crippen LogP contribution in [0.15, 0.2) is 114 Å². The van der Waals surface area contributed by atoms with Crippen LogP contribution >= 0.6 is 0 Å². The largest absolute Gasteiger partial charge is 0.452 e. The molecule has 0 saturated heterocycles. The Bertz CT molecular complexity index is 2290. The number of furan rings is 1. The molecule has 0 bridgehead atoms. The molecule has 0 amide bonds. The summed E-state index contributed by atoms with van der Waals surface area (Å²) in [5, 5.41) is 3.18. The van der Waals surface area contributed by atoms with Crippen molar-refractivity contribution in [1.82, 2.24) is 19.9 Å². The number of hydrogen-bond donors (Lipinski definition) is 0. The molecular formula is C37H26N4O. The van der Waals surface area contributed by atoms with Gasteiger partial charge >= 0.3 is 0 Å². The number of benzene rings is 4. The molecule has 0 fully saturated rings. The van der Waals surface area contributed by atoms with Crippen LogP contribution in [0.3, 0.4) is 0 Å². The fourth-order valence-electron chi connectivity index (χ4n) is 5.75. The van der Waals surface area contributed by atoms with Crippen molar-refractivity contribution in [2.24, 2.45) is 0 Å². The summed E-state index contributed by atoms with van der Waals surface area (Å²) in [4.78, 5) is 19.9. The first kappa shape index (κ1) is 24.4. The maximum absolute atomic E-state index is 6.34. The Balaban J connectivity index is 1.32. The van der Waals surface area contributed by atoms with E-state index in [-0.39, 0.29) is 0 Å². The molecule has 0 unspecified atom stereocenters. The van der Waals surface area contributed by atoms with Crippen molar-refractivity contribution in [3.8, 4) is 33.8 Å². The molecule has 5 heteroatoms. The standard InChI is InChI=1S/C37H26N4O/c1-3-27-21-30(28-20-19-24-14-13-22(2)38-32(24)34(28)39-27)23-15-17-25(18-16-23)33-36-35(29-11-7-8-12-31(29)42-36)41-37(40-33)26-9-5-4-6-10-26/h4-21H,3H2,1-2H3. The summed E-state index contributed by atoms with van der Waals surface area (Å²) < 4.78 is 6.34. The zero-order valence-electron chi connectivity index (χ0n) is 23.3. The van der Waals surface area contributed by atoms with E-state index in [1.54, 1.807) is 0 Å². The Labute approximate surface area is 242 Å². The fourth-order valence-corrected chi connectivity index (χ4v) is 5.75. The number of hydrogen-bond acceptors (Lipinski definition) is 5. The Morgan fingerprint density at radius 1 is 0.595 bits per heavy atom. The van der Waals surface area contributed by atoms with E-state index in [1.807, 2.05) is 61.5 Å². The number of fused-ring (bicyclic) bond motifs is 6. The highest BCUT2D eigenvalue weighted by molar-refractivity contribution is 6.09. The van der Waals surface area contributed by atoms with Crippen molar-refractivity contribution in [3.05, 3.63) is 121 Å². The number of nitrogens with zero attached hydrogens (tertiary/aromatic N) is 4. The smallest absolute Gasteiger partial charge is 0.180 e. The van der Waals surface area contributed by atoms with Gasteiger partial charge in [0.15, 0.2) is 11.4 Å². The Kier molecular flexibility index (Phi) is 5.57. The number of para-hydroxylation sites is 1. The summed E-state index contributed by atoms with van der Waals surface area (Å²) in [6.07, 6.45) is 0.844. The molecule has 8 aromatic rings. The van der Waals surface area contributed by atoms with E-state index >= 15 is 0 Å². The second-order valence-electron chi connectivity index (χ2n) is 10.6. The highest BCUT2D eigenvalue weighted by atomic mass is 16.3. The van der Waals surface area contributed by atoms with E-state index < -0.39 is 0 Å². The first-order valence-corrected chi connectivity index (χ1v) is 14.2. The van der Waals surface area contributed by atoms with Crippen molar-refractivity contribution < 1.29 is 4.42 Å². The third-order valence-electron chi connectivity index (χ3n) is 7.91. The van der Waals surface area contributed by atoms with Crippen molar-refractivity contribution in [2.45, 2.75) is 20.3 Å². The average molecular weight is 543 g/mol. The van der Waals surface area contributed by atoms with Crippen LogP contribution in [-0.2, 0) is 6.42 Å². The Morgan fingerprint density at radius 2 is 1.36 bits per heavy atom. The maximum Gasteiger partial charge on any atom is 0.180 e. The van der Waals surface area contributed by atoms with Crippen molar-refractivity contribution in [3.63, 3.8) is 0 Å². The van der Waals surface area contributed by atoms with Gasteiger partial charge in [0, 0.05) is 38.7 Å². The van der Waals surface area contributed by atoms with Gasteiger partial charge in [-0.15, -0.1) is 0 Å². The lowest BCUT2D eigenvalue weighted by molar-refractivity contribution is 0.667. The third-order valence-corrected chi connectivity index (χ3v) is 7.91. The summed E-state index contributed by atoms with van der Waals surface area (Å²) in [6, 6.07) is 37.4. The molecular weight excluding hydrogens is 516 g/mol. The van der Waals surface area contributed by atoms with Crippen molar-refractivity contribution >= 4 is 43.9 Å². The van der Waals surface area contributed by atoms with Crippen LogP contribution in [0, 0.1) is 6.92 Å². The predicted octanol–water partition coefficient (Wildman–Crippen LogP) is 9.34. The lowest BCUT2D eigenvalue weighted by Crippen LogP contribution is -1.95. The van der Waals surface area contributed by atoms with Gasteiger partial charge in [-0.25, -0.2) is 9.97 Å². The van der Waals surface area contributed by atoms with Crippen LogP contribution in [0.2, 0.25) is 0 Å². The summed E-state index contributed by atoms with van der Waals surface area (Å²) >= 11 is 0. The molecule has 5 nitrogen and oxygen atoms in total. The van der Waals surface area contributed by atoms with Crippen LogP contribution in [0.5, 0.6) is 0 Å². The van der Waals surface area contributed by atoms with Gasteiger partial charge in [0.2, 0.25) is 0 Å². The number of pyridine rings is 2. The van der Waals surface area contributed by atoms with Crippen LogP contribution in [0.4, 0.5) is 0 Å². The first-order chi connectivity index (χ1) is 20.7. The highest BCUT2D eigenvalue weighted by Crippen LogP contribution is 2.37. The van der Waals surface area contributed by atoms with Crippen LogP contribution in [0.1, 0.15) is 18.3 Å². The lowest BCUT2D eigenvalue weighted by Gasteiger charge is -2.12. The van der Waals surface area contributed by atoms with Gasteiger partial charge in [0.05, 0.1) is 11.0 Å². The molecule has 4 aromatic heterocycles. The molecule has 4 heterocycles. The monoisotopic (exact) mass is 542 g/mol. The van der Waals surface area contributed by atoms with Crippen molar-refractivity contribution in [2.75, 3.05) is 0 Å². The van der Waals surface area contributed by atoms with Gasteiger partial charge in [0.1, 0.15) is 16.8 Å². The van der Waals surface area contributed by atoms with E-state index in [2.05, 4.69) is 61.5 Å². The zero-order valence-corrected chi connectivity index (χ0v) is 23.3. The summed E-state index contributed by atoms with van der Waals surface area (Å²) in [5.74, 6) is 0.677. The number of rotatable bonds is 4. The van der Waals surface area contributed by atoms with Gasteiger partial charge in [-0.05, 0) is 48.7 Å². The van der Waals surface area contributed by atoms with Gasteiger partial charge in [-0.3, -0.25) is 9.97 Å². The van der Waals surface area contributed by atoms with Crippen LogP contribution in [-0.4, -0.2) is 19.9 Å². The van der Waals surface area contributed by atoms with Gasteiger partial charge in [-0.1, -0.05) is 91.9 Å². The molecule has 0 spiro atoms. The highest BCUT2D eigenvalue weighted by Gasteiger charge is 2.18. The van der Waals surface area contributed by atoms with Gasteiger partial charge in [-0.2, -0.15) is 0 Å². The van der Waals surface area contributed by atoms with Gasteiger partial charge < -0.3 is 4.42 Å². The van der Waals surface area contributed by atoms with Crippen LogP contribution in [0.25, 0.3) is 77.6 Å². The third kappa shape index (κ3) is 3.93. The van der Waals surface area contributed by atoms with E-state index in [0.29, 0.717) is 11.4 Å². The van der Waals surface area contributed by atoms with Crippen molar-refractivity contribution in [1.29, 1.82) is 0 Å². The Hall–Kier alpha value is -5.42. The molecule has 0 N–H and O–H groups in total. The van der Waals surface area contributed by atoms with Crippen LogP contribution < -0.4 is 0 Å². The number of aromatic nitrogens is 4. The SMILES string of the molecule is CCc1cc(-c2ccc(-c3nc(-c4ccccc4)nc4c3oc3ccccc34)cc2)c2ccc3ccc(C)nc3c2n1. The quantitative estimate of drug-likeness (QED) is 0.207. The minimum absolute atomic E-state index is 0.677. The maximum atomic E-state index is 6.34. The van der Waals surface area contributed by atoms with E-state index in [0.717, 1.165) is 84.0 Å². The molecule has 0 radical (unpaired) electrons. The topological polar surface area (TPSA) is 64.7 Å². The molecule has 0 saturated carbocycles. The summed E-state index contributed by atoms with van der Waals surface area (Å²) in [7, 11) is 0. The molecule has 42 heavy (non-hydrogen) atoms. The zero-order chi connectivity index (χ0) is 28.2. The average Bonchev–Trinajstić information content (AvgIpc) is 3.43. The molecule has 0 aliphatic heterocycles. The summed E-state index contributed by atoms with van der Waals surface area (Å²) in [6.45, 7) is 4.17. The first-order valence-electron chi connectivity index (χ1n) is 14.2. The predicted molar refractivity (Wildman–Crippen MR) is 170 cm³/mol. The van der Waals surface area contributed by atoms with Gasteiger partial charge in [0.25, 0.3) is 0 Å². The second-order valence-corrected chi connectivity index (χ2v) is 10.6. The molecule has 0 aliphatic rings.